The average molecular weight is 317 g/mol. The van der Waals surface area contributed by atoms with Crippen LogP contribution in [0.15, 0.2) is 11.0 Å². The first kappa shape index (κ1) is 15.9. The summed E-state index contributed by atoms with van der Waals surface area (Å²) in [4.78, 5) is 1.74. The highest BCUT2D eigenvalue weighted by Gasteiger charge is 2.23. The van der Waals surface area contributed by atoms with Gasteiger partial charge in [-0.2, -0.15) is 0 Å². The molecule has 0 amide bonds. The van der Waals surface area contributed by atoms with Crippen molar-refractivity contribution in [3.63, 3.8) is 0 Å². The number of hydrogen-bond acceptors (Lipinski definition) is 4. The lowest BCUT2D eigenvalue weighted by Crippen LogP contribution is -2.31. The van der Waals surface area contributed by atoms with Crippen molar-refractivity contribution in [3.8, 4) is 0 Å². The molecule has 114 valence electrons. The fraction of sp³-hybridized carbons (Fsp3) is 0.714. The molecular weight excluding hydrogens is 294 g/mol. The smallest absolute Gasteiger partial charge is 0.241 e. The van der Waals surface area contributed by atoms with Crippen molar-refractivity contribution in [2.75, 3.05) is 6.54 Å². The Bertz CT molecular complexity index is 543. The predicted molar refractivity (Wildman–Crippen MR) is 81.3 cm³/mol. The highest BCUT2D eigenvalue weighted by molar-refractivity contribution is 7.89. The molecule has 0 spiro atoms. The lowest BCUT2D eigenvalue weighted by atomic mass is 9.83. The van der Waals surface area contributed by atoms with Gasteiger partial charge in [0.1, 0.15) is 0 Å². The molecule has 1 aromatic rings. The van der Waals surface area contributed by atoms with Gasteiger partial charge in [-0.1, -0.05) is 19.8 Å². The fourth-order valence-corrected chi connectivity index (χ4v) is 5.32. The third-order valence-electron chi connectivity index (χ3n) is 4.07. The average Bonchev–Trinajstić information content (AvgIpc) is 2.80. The minimum Gasteiger partial charge on any atom is -0.391 e. The Labute approximate surface area is 125 Å². The van der Waals surface area contributed by atoms with Gasteiger partial charge in [-0.05, 0) is 37.7 Å². The van der Waals surface area contributed by atoms with Crippen LogP contribution in [0, 0.1) is 18.8 Å². The van der Waals surface area contributed by atoms with Gasteiger partial charge in [0.2, 0.25) is 10.0 Å². The van der Waals surface area contributed by atoms with Gasteiger partial charge in [0, 0.05) is 16.3 Å². The van der Waals surface area contributed by atoms with Crippen molar-refractivity contribution >= 4 is 21.4 Å². The van der Waals surface area contributed by atoms with Crippen molar-refractivity contribution in [3.05, 3.63) is 15.8 Å². The second-order valence-electron chi connectivity index (χ2n) is 5.77. The number of aliphatic hydroxyl groups is 1. The van der Waals surface area contributed by atoms with Crippen LogP contribution in [0.1, 0.15) is 42.4 Å². The molecule has 1 aliphatic rings. The van der Waals surface area contributed by atoms with Crippen molar-refractivity contribution in [2.45, 2.75) is 51.0 Å². The molecule has 20 heavy (non-hydrogen) atoms. The van der Waals surface area contributed by atoms with Crippen LogP contribution in [0.2, 0.25) is 0 Å². The van der Waals surface area contributed by atoms with Crippen LogP contribution in [0.4, 0.5) is 0 Å². The van der Waals surface area contributed by atoms with Gasteiger partial charge in [0.15, 0.2) is 0 Å². The highest BCUT2D eigenvalue weighted by Crippen LogP contribution is 2.29. The minimum absolute atomic E-state index is 0.110. The summed E-state index contributed by atoms with van der Waals surface area (Å²) in [6.07, 6.45) is 4.60. The lowest BCUT2D eigenvalue weighted by Gasteiger charge is -2.26. The van der Waals surface area contributed by atoms with E-state index in [0.29, 0.717) is 22.2 Å². The molecular formula is C14H23NO3S2. The number of thiophene rings is 1. The molecule has 1 saturated carbocycles. The van der Waals surface area contributed by atoms with E-state index in [4.69, 9.17) is 5.11 Å². The van der Waals surface area contributed by atoms with Crippen LogP contribution in [-0.4, -0.2) is 20.1 Å². The van der Waals surface area contributed by atoms with Gasteiger partial charge in [0.05, 0.1) is 11.5 Å². The van der Waals surface area contributed by atoms with Gasteiger partial charge in [-0.25, -0.2) is 13.1 Å². The number of rotatable bonds is 5. The molecule has 6 heteroatoms. The van der Waals surface area contributed by atoms with E-state index in [1.165, 1.54) is 24.2 Å². The predicted octanol–water partition coefficient (Wildman–Crippen LogP) is 2.65. The molecule has 1 heterocycles. The topological polar surface area (TPSA) is 66.4 Å². The molecule has 0 radical (unpaired) electrons. The molecule has 0 aromatic carbocycles. The van der Waals surface area contributed by atoms with E-state index in [1.54, 1.807) is 13.0 Å². The summed E-state index contributed by atoms with van der Waals surface area (Å²) in [5.41, 5.74) is 0. The van der Waals surface area contributed by atoms with Crippen LogP contribution < -0.4 is 4.72 Å². The SMILES string of the molecule is Cc1sc(CO)cc1S(=O)(=O)NCC1CCC(C)CC1. The third-order valence-corrected chi connectivity index (χ3v) is 6.78. The van der Waals surface area contributed by atoms with Gasteiger partial charge < -0.3 is 5.11 Å². The molecule has 0 saturated heterocycles. The first-order valence-electron chi connectivity index (χ1n) is 7.12. The monoisotopic (exact) mass is 317 g/mol. The van der Waals surface area contributed by atoms with Crippen molar-refractivity contribution < 1.29 is 13.5 Å². The zero-order valence-electron chi connectivity index (χ0n) is 12.1. The number of nitrogens with one attached hydrogen (secondary N) is 1. The van der Waals surface area contributed by atoms with E-state index in [-0.39, 0.29) is 6.61 Å². The van der Waals surface area contributed by atoms with E-state index in [1.807, 2.05) is 0 Å². The Morgan fingerprint density at radius 3 is 2.55 bits per heavy atom. The van der Waals surface area contributed by atoms with Crippen LogP contribution in [-0.2, 0) is 16.6 Å². The molecule has 1 aliphatic carbocycles. The molecule has 1 fully saturated rings. The van der Waals surface area contributed by atoms with E-state index in [2.05, 4.69) is 11.6 Å². The largest absolute Gasteiger partial charge is 0.391 e. The Hall–Kier alpha value is -0.430. The van der Waals surface area contributed by atoms with Crippen LogP contribution in [0.5, 0.6) is 0 Å². The summed E-state index contributed by atoms with van der Waals surface area (Å²) in [6, 6.07) is 1.57. The van der Waals surface area contributed by atoms with Gasteiger partial charge >= 0.3 is 0 Å². The maximum absolute atomic E-state index is 12.3. The van der Waals surface area contributed by atoms with Crippen LogP contribution >= 0.6 is 11.3 Å². The summed E-state index contributed by atoms with van der Waals surface area (Å²) in [5.74, 6) is 1.23. The molecule has 0 bridgehead atoms. The van der Waals surface area contributed by atoms with Crippen LogP contribution in [0.25, 0.3) is 0 Å². The van der Waals surface area contributed by atoms with E-state index in [9.17, 15) is 8.42 Å². The van der Waals surface area contributed by atoms with Crippen molar-refractivity contribution in [1.29, 1.82) is 0 Å². The minimum atomic E-state index is -3.44. The quantitative estimate of drug-likeness (QED) is 0.877. The number of aliphatic hydroxyl groups excluding tert-OH is 1. The summed E-state index contributed by atoms with van der Waals surface area (Å²) < 4.78 is 27.3. The first-order valence-corrected chi connectivity index (χ1v) is 9.42. The number of hydrogen-bond donors (Lipinski definition) is 2. The standard InChI is InChI=1S/C14H23NO3S2/c1-10-3-5-12(6-4-10)8-15-20(17,18)14-7-13(9-16)19-11(14)2/h7,10,12,15-16H,3-6,8-9H2,1-2H3. The number of aryl methyl sites for hydroxylation is 1. The molecule has 2 N–H and O–H groups in total. The van der Waals surface area contributed by atoms with Crippen molar-refractivity contribution in [2.24, 2.45) is 11.8 Å². The van der Waals surface area contributed by atoms with E-state index in [0.717, 1.165) is 23.6 Å². The molecule has 0 aliphatic heterocycles. The molecule has 0 atom stereocenters. The summed E-state index contributed by atoms with van der Waals surface area (Å²) >= 11 is 1.33. The normalized spacial score (nSPS) is 23.9. The van der Waals surface area contributed by atoms with Gasteiger partial charge in [-0.15, -0.1) is 11.3 Å². The summed E-state index contributed by atoms with van der Waals surface area (Å²) in [6.45, 7) is 4.45. The molecule has 2 rings (SSSR count). The third kappa shape index (κ3) is 3.81. The maximum Gasteiger partial charge on any atom is 0.241 e. The van der Waals surface area contributed by atoms with E-state index < -0.39 is 10.0 Å². The summed E-state index contributed by atoms with van der Waals surface area (Å²) in [5, 5.41) is 9.09. The Balaban J connectivity index is 1.98. The number of sulfonamides is 1. The van der Waals surface area contributed by atoms with Gasteiger partial charge in [-0.3, -0.25) is 0 Å². The Kier molecular flexibility index (Phi) is 5.23. The van der Waals surface area contributed by atoms with Crippen LogP contribution in [0.3, 0.4) is 0 Å². The lowest BCUT2D eigenvalue weighted by molar-refractivity contribution is 0.285. The second-order valence-corrected chi connectivity index (χ2v) is 8.85. The zero-order chi connectivity index (χ0) is 14.8. The highest BCUT2D eigenvalue weighted by atomic mass is 32.2. The molecule has 1 aromatic heterocycles. The molecule has 4 nitrogen and oxygen atoms in total. The van der Waals surface area contributed by atoms with E-state index >= 15 is 0 Å². The first-order chi connectivity index (χ1) is 9.42. The maximum atomic E-state index is 12.3. The van der Waals surface area contributed by atoms with Gasteiger partial charge in [0.25, 0.3) is 0 Å². The zero-order valence-corrected chi connectivity index (χ0v) is 13.7. The molecule has 0 unspecified atom stereocenters. The Morgan fingerprint density at radius 2 is 2.00 bits per heavy atom. The Morgan fingerprint density at radius 1 is 1.35 bits per heavy atom. The summed E-state index contributed by atoms with van der Waals surface area (Å²) in [7, 11) is -3.44. The fourth-order valence-electron chi connectivity index (χ4n) is 2.71. The second kappa shape index (κ2) is 6.56. The van der Waals surface area contributed by atoms with Crippen molar-refractivity contribution in [1.82, 2.24) is 4.72 Å².